The van der Waals surface area contributed by atoms with Gasteiger partial charge >= 0.3 is 0 Å². The molecule has 2 rings (SSSR count). The van der Waals surface area contributed by atoms with Gasteiger partial charge in [-0.15, -0.1) is 0 Å². The van der Waals surface area contributed by atoms with Gasteiger partial charge in [-0.1, -0.05) is 18.7 Å². The second-order valence-corrected chi connectivity index (χ2v) is 7.64. The number of carbonyl (C=O) groups excluding carboxylic acids is 1. The fourth-order valence-corrected chi connectivity index (χ4v) is 2.83. The Morgan fingerprint density at radius 3 is 2.44 bits per heavy atom. The lowest BCUT2D eigenvalue weighted by Crippen LogP contribution is -2.08. The minimum atomic E-state index is -3.26. The average Bonchev–Trinajstić information content (AvgIpc) is 2.64. The van der Waals surface area contributed by atoms with Crippen LogP contribution in [0.25, 0.3) is 6.08 Å². The SMILES string of the molecule is C=CCOc1ccc(/C=C/C(=O)Nc2ccc(S(C)(=O)=O)cc2)cc1OC. The monoisotopic (exact) mass is 387 g/mol. The van der Waals surface area contributed by atoms with Crippen molar-refractivity contribution in [3.8, 4) is 11.5 Å². The summed E-state index contributed by atoms with van der Waals surface area (Å²) in [5.41, 5.74) is 1.27. The summed E-state index contributed by atoms with van der Waals surface area (Å²) in [6.45, 7) is 3.96. The largest absolute Gasteiger partial charge is 0.493 e. The van der Waals surface area contributed by atoms with Crippen molar-refractivity contribution >= 4 is 27.5 Å². The van der Waals surface area contributed by atoms with E-state index in [1.54, 1.807) is 30.4 Å². The zero-order chi connectivity index (χ0) is 19.9. The maximum absolute atomic E-state index is 12.0. The van der Waals surface area contributed by atoms with Crippen LogP contribution in [0.2, 0.25) is 0 Å². The highest BCUT2D eigenvalue weighted by Gasteiger charge is 2.07. The standard InChI is InChI=1S/C20H21NO5S/c1-4-13-26-18-11-5-15(14-19(18)25-2)6-12-20(22)21-16-7-9-17(10-8-16)27(3,23)24/h4-12,14H,1,13H2,2-3H3,(H,21,22)/b12-6+. The Balaban J connectivity index is 2.04. The Bertz CT molecular complexity index is 947. The molecule has 0 saturated carbocycles. The van der Waals surface area contributed by atoms with E-state index in [1.165, 1.54) is 37.5 Å². The Hall–Kier alpha value is -3.06. The average molecular weight is 387 g/mol. The summed E-state index contributed by atoms with van der Waals surface area (Å²) in [7, 11) is -1.73. The molecule has 0 atom stereocenters. The molecule has 0 saturated heterocycles. The lowest BCUT2D eigenvalue weighted by atomic mass is 10.2. The van der Waals surface area contributed by atoms with E-state index in [0.717, 1.165) is 11.8 Å². The fourth-order valence-electron chi connectivity index (χ4n) is 2.20. The summed E-state index contributed by atoms with van der Waals surface area (Å²) in [4.78, 5) is 12.2. The van der Waals surface area contributed by atoms with Gasteiger partial charge in [-0.2, -0.15) is 0 Å². The van der Waals surface area contributed by atoms with Gasteiger partial charge < -0.3 is 14.8 Å². The van der Waals surface area contributed by atoms with Crippen LogP contribution < -0.4 is 14.8 Å². The molecule has 0 aromatic heterocycles. The van der Waals surface area contributed by atoms with E-state index in [-0.39, 0.29) is 10.8 Å². The highest BCUT2D eigenvalue weighted by Crippen LogP contribution is 2.28. The fraction of sp³-hybridized carbons (Fsp3) is 0.150. The first kappa shape index (κ1) is 20.3. The topological polar surface area (TPSA) is 81.7 Å². The molecular weight excluding hydrogens is 366 g/mol. The van der Waals surface area contributed by atoms with Crippen LogP contribution in [0.1, 0.15) is 5.56 Å². The lowest BCUT2D eigenvalue weighted by Gasteiger charge is -2.09. The molecule has 0 spiro atoms. The molecule has 1 amide bonds. The molecule has 6 nitrogen and oxygen atoms in total. The van der Waals surface area contributed by atoms with Crippen molar-refractivity contribution < 1.29 is 22.7 Å². The Morgan fingerprint density at radius 2 is 1.85 bits per heavy atom. The number of hydrogen-bond acceptors (Lipinski definition) is 5. The highest BCUT2D eigenvalue weighted by molar-refractivity contribution is 7.90. The van der Waals surface area contributed by atoms with Crippen LogP contribution >= 0.6 is 0 Å². The summed E-state index contributed by atoms with van der Waals surface area (Å²) in [5.74, 6) is 0.800. The van der Waals surface area contributed by atoms with Crippen LogP contribution in [0.4, 0.5) is 5.69 Å². The minimum Gasteiger partial charge on any atom is -0.493 e. The predicted molar refractivity (Wildman–Crippen MR) is 106 cm³/mol. The maximum Gasteiger partial charge on any atom is 0.248 e. The maximum atomic E-state index is 12.0. The molecule has 0 unspecified atom stereocenters. The van der Waals surface area contributed by atoms with E-state index >= 15 is 0 Å². The molecule has 0 aliphatic rings. The first-order valence-corrected chi connectivity index (χ1v) is 9.93. The third-order valence-electron chi connectivity index (χ3n) is 3.52. The quantitative estimate of drug-likeness (QED) is 0.555. The zero-order valence-corrected chi connectivity index (χ0v) is 16.0. The smallest absolute Gasteiger partial charge is 0.248 e. The molecule has 2 aromatic carbocycles. The van der Waals surface area contributed by atoms with Gasteiger partial charge in [0.25, 0.3) is 0 Å². The molecule has 7 heteroatoms. The Kier molecular flexibility index (Phi) is 6.79. The van der Waals surface area contributed by atoms with Crippen molar-refractivity contribution in [3.05, 3.63) is 66.8 Å². The number of hydrogen-bond donors (Lipinski definition) is 1. The van der Waals surface area contributed by atoms with E-state index in [9.17, 15) is 13.2 Å². The van der Waals surface area contributed by atoms with E-state index in [2.05, 4.69) is 11.9 Å². The van der Waals surface area contributed by atoms with Crippen molar-refractivity contribution in [2.45, 2.75) is 4.90 Å². The van der Waals surface area contributed by atoms with E-state index < -0.39 is 9.84 Å². The van der Waals surface area contributed by atoms with Gasteiger partial charge in [0, 0.05) is 18.0 Å². The summed E-state index contributed by atoms with van der Waals surface area (Å²) in [6, 6.07) is 11.3. The van der Waals surface area contributed by atoms with Crippen LogP contribution in [-0.2, 0) is 14.6 Å². The molecule has 0 aliphatic carbocycles. The molecular formula is C20H21NO5S. The second kappa shape index (κ2) is 9.05. The predicted octanol–water partition coefficient (Wildman–Crippen LogP) is 3.32. The van der Waals surface area contributed by atoms with Crippen LogP contribution in [0.5, 0.6) is 11.5 Å². The normalized spacial score (nSPS) is 11.2. The number of benzene rings is 2. The molecule has 0 radical (unpaired) electrons. The molecule has 2 aromatic rings. The molecule has 0 aliphatic heterocycles. The Labute approximate surface area is 159 Å². The van der Waals surface area contributed by atoms with Crippen LogP contribution in [0.15, 0.2) is 66.1 Å². The van der Waals surface area contributed by atoms with Crippen LogP contribution in [-0.4, -0.2) is 34.3 Å². The summed E-state index contributed by atoms with van der Waals surface area (Å²) >= 11 is 0. The number of ether oxygens (including phenoxy) is 2. The van der Waals surface area contributed by atoms with Crippen molar-refractivity contribution in [1.82, 2.24) is 0 Å². The van der Waals surface area contributed by atoms with Gasteiger partial charge in [-0.25, -0.2) is 8.42 Å². The third-order valence-corrected chi connectivity index (χ3v) is 4.65. The second-order valence-electron chi connectivity index (χ2n) is 5.63. The molecule has 0 bridgehead atoms. The number of carbonyl (C=O) groups is 1. The summed E-state index contributed by atoms with van der Waals surface area (Å²) in [5, 5.41) is 2.67. The minimum absolute atomic E-state index is 0.196. The zero-order valence-electron chi connectivity index (χ0n) is 15.1. The number of anilines is 1. The van der Waals surface area contributed by atoms with Crippen molar-refractivity contribution in [3.63, 3.8) is 0 Å². The highest BCUT2D eigenvalue weighted by atomic mass is 32.2. The third kappa shape index (κ3) is 6.00. The molecule has 142 valence electrons. The van der Waals surface area contributed by atoms with E-state index in [4.69, 9.17) is 9.47 Å². The number of methoxy groups -OCH3 is 1. The van der Waals surface area contributed by atoms with E-state index in [0.29, 0.717) is 23.8 Å². The van der Waals surface area contributed by atoms with Crippen molar-refractivity contribution in [1.29, 1.82) is 0 Å². The van der Waals surface area contributed by atoms with Gasteiger partial charge in [0.2, 0.25) is 5.91 Å². The number of sulfone groups is 1. The van der Waals surface area contributed by atoms with Gasteiger partial charge in [-0.05, 0) is 48.0 Å². The molecule has 0 heterocycles. The first-order valence-electron chi connectivity index (χ1n) is 8.04. The van der Waals surface area contributed by atoms with Gasteiger partial charge in [0.05, 0.1) is 12.0 Å². The van der Waals surface area contributed by atoms with Crippen molar-refractivity contribution in [2.75, 3.05) is 25.3 Å². The lowest BCUT2D eigenvalue weighted by molar-refractivity contribution is -0.111. The van der Waals surface area contributed by atoms with E-state index in [1.807, 2.05) is 0 Å². The summed E-state index contributed by atoms with van der Waals surface area (Å²) in [6.07, 6.45) is 5.79. The molecule has 27 heavy (non-hydrogen) atoms. The number of nitrogens with one attached hydrogen (secondary N) is 1. The van der Waals surface area contributed by atoms with Gasteiger partial charge in [0.1, 0.15) is 6.61 Å². The van der Waals surface area contributed by atoms with Crippen molar-refractivity contribution in [2.24, 2.45) is 0 Å². The van der Waals surface area contributed by atoms with Crippen LogP contribution in [0.3, 0.4) is 0 Å². The molecule has 1 N–H and O–H groups in total. The first-order chi connectivity index (χ1) is 12.8. The summed E-state index contributed by atoms with van der Waals surface area (Å²) < 4.78 is 33.6. The molecule has 0 fully saturated rings. The van der Waals surface area contributed by atoms with Gasteiger partial charge in [0.15, 0.2) is 21.3 Å². The number of amides is 1. The van der Waals surface area contributed by atoms with Gasteiger partial charge in [-0.3, -0.25) is 4.79 Å². The number of rotatable bonds is 8. The van der Waals surface area contributed by atoms with Crippen LogP contribution in [0, 0.1) is 0 Å². The Morgan fingerprint density at radius 1 is 1.15 bits per heavy atom.